The van der Waals surface area contributed by atoms with Gasteiger partial charge in [-0.3, -0.25) is 0 Å². The molecule has 2 nitrogen and oxygen atoms in total. The quantitative estimate of drug-likeness (QED) is 0.892. The molecule has 2 N–H and O–H groups in total. The Kier molecular flexibility index (Phi) is 4.80. The van der Waals surface area contributed by atoms with E-state index >= 15 is 0 Å². The molecule has 0 aliphatic heterocycles. The maximum Gasteiger partial charge on any atom is 0.123 e. The Morgan fingerprint density at radius 1 is 1.00 bits per heavy atom. The fourth-order valence-corrected chi connectivity index (χ4v) is 2.44. The van der Waals surface area contributed by atoms with Crippen LogP contribution in [0.5, 0.6) is 5.75 Å². The summed E-state index contributed by atoms with van der Waals surface area (Å²) in [6.45, 7) is 4.46. The Morgan fingerprint density at radius 3 is 2.25 bits per heavy atom. The monoisotopic (exact) mass is 269 g/mol. The van der Waals surface area contributed by atoms with Crippen molar-refractivity contribution in [2.45, 2.75) is 26.3 Å². The van der Waals surface area contributed by atoms with E-state index in [-0.39, 0.29) is 6.04 Å². The lowest BCUT2D eigenvalue weighted by Gasteiger charge is -2.16. The number of ether oxygens (including phenoxy) is 1. The van der Waals surface area contributed by atoms with Crippen LogP contribution in [0.25, 0.3) is 0 Å². The Balaban J connectivity index is 2.22. The van der Waals surface area contributed by atoms with Gasteiger partial charge in [0.2, 0.25) is 0 Å². The highest BCUT2D eigenvalue weighted by Gasteiger charge is 2.13. The third kappa shape index (κ3) is 3.40. The van der Waals surface area contributed by atoms with Gasteiger partial charge >= 0.3 is 0 Å². The molecule has 20 heavy (non-hydrogen) atoms. The lowest BCUT2D eigenvalue weighted by molar-refractivity contribution is 0.408. The Morgan fingerprint density at radius 2 is 1.65 bits per heavy atom. The molecule has 1 atom stereocenters. The predicted molar refractivity (Wildman–Crippen MR) is 84.0 cm³/mol. The molecule has 0 aromatic heterocycles. The Bertz CT molecular complexity index is 546. The second kappa shape index (κ2) is 6.58. The molecule has 2 aromatic rings. The zero-order valence-electron chi connectivity index (χ0n) is 12.5. The molecule has 0 bridgehead atoms. The van der Waals surface area contributed by atoms with E-state index in [0.29, 0.717) is 5.92 Å². The predicted octanol–water partition coefficient (Wildman–Crippen LogP) is 3.94. The second-order valence-corrected chi connectivity index (χ2v) is 5.56. The second-order valence-electron chi connectivity index (χ2n) is 5.56. The summed E-state index contributed by atoms with van der Waals surface area (Å²) in [6, 6.07) is 16.3. The van der Waals surface area contributed by atoms with Gasteiger partial charge in [-0.2, -0.15) is 0 Å². The zero-order chi connectivity index (χ0) is 14.5. The summed E-state index contributed by atoms with van der Waals surface area (Å²) in [5, 5.41) is 0. The molecule has 2 rings (SSSR count). The van der Waals surface area contributed by atoms with Gasteiger partial charge in [0.1, 0.15) is 5.75 Å². The van der Waals surface area contributed by atoms with Crippen molar-refractivity contribution in [2.75, 3.05) is 7.11 Å². The Hall–Kier alpha value is -1.80. The number of para-hydroxylation sites is 1. The van der Waals surface area contributed by atoms with Crippen LogP contribution >= 0.6 is 0 Å². The summed E-state index contributed by atoms with van der Waals surface area (Å²) in [4.78, 5) is 0. The number of benzene rings is 2. The molecule has 0 saturated carbocycles. The van der Waals surface area contributed by atoms with Crippen LogP contribution in [-0.2, 0) is 6.42 Å². The van der Waals surface area contributed by atoms with Gasteiger partial charge in [-0.15, -0.1) is 0 Å². The molecule has 2 aromatic carbocycles. The highest BCUT2D eigenvalue weighted by Crippen LogP contribution is 2.28. The zero-order valence-corrected chi connectivity index (χ0v) is 12.5. The number of hydrogen-bond acceptors (Lipinski definition) is 2. The van der Waals surface area contributed by atoms with E-state index in [9.17, 15) is 0 Å². The molecular weight excluding hydrogens is 246 g/mol. The highest BCUT2D eigenvalue weighted by atomic mass is 16.5. The van der Waals surface area contributed by atoms with Crippen LogP contribution in [0.3, 0.4) is 0 Å². The van der Waals surface area contributed by atoms with Crippen LogP contribution in [0.4, 0.5) is 0 Å². The number of hydrogen-bond donors (Lipinski definition) is 1. The van der Waals surface area contributed by atoms with Crippen molar-refractivity contribution in [2.24, 2.45) is 11.7 Å². The molecule has 0 heterocycles. The van der Waals surface area contributed by atoms with E-state index in [2.05, 4.69) is 38.1 Å². The topological polar surface area (TPSA) is 35.2 Å². The van der Waals surface area contributed by atoms with E-state index in [1.165, 1.54) is 5.56 Å². The molecule has 0 fully saturated rings. The van der Waals surface area contributed by atoms with E-state index < -0.39 is 0 Å². The first-order chi connectivity index (χ1) is 9.61. The van der Waals surface area contributed by atoms with E-state index in [1.807, 2.05) is 24.3 Å². The first-order valence-corrected chi connectivity index (χ1v) is 7.09. The molecule has 0 radical (unpaired) electrons. The maximum atomic E-state index is 6.36. The van der Waals surface area contributed by atoms with Gasteiger partial charge in [0, 0.05) is 5.56 Å². The molecule has 0 amide bonds. The van der Waals surface area contributed by atoms with Gasteiger partial charge in [0.05, 0.1) is 13.2 Å². The summed E-state index contributed by atoms with van der Waals surface area (Å²) in [6.07, 6.45) is 1.10. The molecular formula is C18H23NO. The number of methoxy groups -OCH3 is 1. The first-order valence-electron chi connectivity index (χ1n) is 7.09. The molecule has 0 saturated heterocycles. The number of nitrogens with two attached hydrogens (primary N) is 1. The summed E-state index contributed by atoms with van der Waals surface area (Å²) < 4.78 is 5.38. The smallest absolute Gasteiger partial charge is 0.123 e. The van der Waals surface area contributed by atoms with Crippen molar-refractivity contribution in [1.29, 1.82) is 0 Å². The lowest BCUT2D eigenvalue weighted by Crippen LogP contribution is -2.13. The summed E-state index contributed by atoms with van der Waals surface area (Å²) in [5.41, 5.74) is 9.85. The fourth-order valence-electron chi connectivity index (χ4n) is 2.44. The molecule has 0 aliphatic carbocycles. The van der Waals surface area contributed by atoms with E-state index in [4.69, 9.17) is 10.5 Å². The van der Waals surface area contributed by atoms with Gasteiger partial charge in [-0.25, -0.2) is 0 Å². The van der Waals surface area contributed by atoms with Crippen LogP contribution < -0.4 is 10.5 Å². The number of rotatable bonds is 5. The average molecular weight is 269 g/mol. The van der Waals surface area contributed by atoms with Gasteiger partial charge in [0.25, 0.3) is 0 Å². The minimum atomic E-state index is -0.153. The van der Waals surface area contributed by atoms with Crippen molar-refractivity contribution in [3.05, 3.63) is 65.2 Å². The van der Waals surface area contributed by atoms with E-state index in [0.717, 1.165) is 23.3 Å². The van der Waals surface area contributed by atoms with Crippen molar-refractivity contribution in [3.8, 4) is 5.75 Å². The van der Waals surface area contributed by atoms with Gasteiger partial charge in [0.15, 0.2) is 0 Å². The molecule has 1 unspecified atom stereocenters. The largest absolute Gasteiger partial charge is 0.496 e. The molecule has 106 valence electrons. The van der Waals surface area contributed by atoms with Crippen LogP contribution in [0.2, 0.25) is 0 Å². The first kappa shape index (κ1) is 14.6. The summed E-state index contributed by atoms with van der Waals surface area (Å²) in [5.74, 6) is 1.51. The summed E-state index contributed by atoms with van der Waals surface area (Å²) in [7, 11) is 1.68. The van der Waals surface area contributed by atoms with E-state index in [1.54, 1.807) is 7.11 Å². The van der Waals surface area contributed by atoms with Gasteiger partial charge in [-0.1, -0.05) is 56.3 Å². The fraction of sp³-hybridized carbons (Fsp3) is 0.333. The molecule has 0 aliphatic rings. The minimum absolute atomic E-state index is 0.153. The van der Waals surface area contributed by atoms with Crippen molar-refractivity contribution in [3.63, 3.8) is 0 Å². The van der Waals surface area contributed by atoms with Crippen molar-refractivity contribution in [1.82, 2.24) is 0 Å². The third-order valence-corrected chi connectivity index (χ3v) is 3.46. The Labute approximate surface area is 121 Å². The average Bonchev–Trinajstić information content (AvgIpc) is 2.46. The van der Waals surface area contributed by atoms with Gasteiger partial charge < -0.3 is 10.5 Å². The SMILES string of the molecule is COc1ccccc1C(N)c1ccc(CC(C)C)cc1. The van der Waals surface area contributed by atoms with Gasteiger partial charge in [-0.05, 0) is 29.5 Å². The molecule has 2 heteroatoms. The van der Waals surface area contributed by atoms with Crippen LogP contribution in [-0.4, -0.2) is 7.11 Å². The lowest BCUT2D eigenvalue weighted by atomic mass is 9.96. The highest BCUT2D eigenvalue weighted by molar-refractivity contribution is 5.41. The van der Waals surface area contributed by atoms with Crippen LogP contribution in [0.15, 0.2) is 48.5 Å². The normalized spacial score (nSPS) is 12.4. The van der Waals surface area contributed by atoms with Crippen molar-refractivity contribution >= 4 is 0 Å². The minimum Gasteiger partial charge on any atom is -0.496 e. The molecule has 0 spiro atoms. The van der Waals surface area contributed by atoms with Crippen LogP contribution in [0, 0.1) is 5.92 Å². The third-order valence-electron chi connectivity index (χ3n) is 3.46. The van der Waals surface area contributed by atoms with Crippen LogP contribution in [0.1, 0.15) is 36.6 Å². The summed E-state index contributed by atoms with van der Waals surface area (Å²) >= 11 is 0. The van der Waals surface area contributed by atoms with Crippen molar-refractivity contribution < 1.29 is 4.74 Å². The maximum absolute atomic E-state index is 6.36. The standard InChI is InChI=1S/C18H23NO/c1-13(2)12-14-8-10-15(11-9-14)18(19)16-6-4-5-7-17(16)20-3/h4-11,13,18H,12,19H2,1-3H3.